The van der Waals surface area contributed by atoms with Crippen molar-refractivity contribution in [3.05, 3.63) is 24.1 Å². The lowest BCUT2D eigenvalue weighted by molar-refractivity contribution is -0.128. The molecule has 7 nitrogen and oxygen atoms in total. The Labute approximate surface area is 139 Å². The van der Waals surface area contributed by atoms with Gasteiger partial charge in [-0.2, -0.15) is 4.98 Å². The molecule has 7 heteroatoms. The molecule has 0 radical (unpaired) electrons. The lowest BCUT2D eigenvalue weighted by atomic mass is 9.90. The highest BCUT2D eigenvalue weighted by Gasteiger charge is 2.41. The normalized spacial score (nSPS) is 22.7. The van der Waals surface area contributed by atoms with Crippen LogP contribution < -0.4 is 9.47 Å². The molecule has 1 aromatic carbocycles. The minimum atomic E-state index is -0.301. The molecule has 1 unspecified atom stereocenters. The molecule has 1 atom stereocenters. The Balaban J connectivity index is 1.60. The van der Waals surface area contributed by atoms with E-state index in [9.17, 15) is 4.79 Å². The summed E-state index contributed by atoms with van der Waals surface area (Å²) in [5, 5.41) is 4.11. The Bertz CT molecular complexity index is 788. The molecule has 1 aromatic heterocycles. The standard InChI is InChI=1S/C17H19N3O4/c1-11(21)20-6-5-17(2,10-20)16-18-15(19-24-16)12-3-4-13-14(9-12)23-8-7-22-13/h3-4,9H,5-8,10H2,1-2H3. The number of likely N-dealkylation sites (tertiary alicyclic amines) is 1. The van der Waals surface area contributed by atoms with Gasteiger partial charge in [0.2, 0.25) is 17.6 Å². The van der Waals surface area contributed by atoms with Crippen molar-refractivity contribution in [1.82, 2.24) is 15.0 Å². The lowest BCUT2D eigenvalue weighted by Crippen LogP contribution is -2.31. The summed E-state index contributed by atoms with van der Waals surface area (Å²) in [7, 11) is 0. The van der Waals surface area contributed by atoms with E-state index in [0.29, 0.717) is 43.8 Å². The fourth-order valence-electron chi connectivity index (χ4n) is 3.17. The number of hydrogen-bond acceptors (Lipinski definition) is 6. The summed E-state index contributed by atoms with van der Waals surface area (Å²) >= 11 is 0. The zero-order chi connectivity index (χ0) is 16.7. The highest BCUT2D eigenvalue weighted by Crippen LogP contribution is 2.36. The van der Waals surface area contributed by atoms with Crippen LogP contribution in [0.3, 0.4) is 0 Å². The van der Waals surface area contributed by atoms with Gasteiger partial charge in [0.1, 0.15) is 13.2 Å². The third-order valence-electron chi connectivity index (χ3n) is 4.66. The first kappa shape index (κ1) is 15.0. The maximum Gasteiger partial charge on any atom is 0.234 e. The molecule has 2 aromatic rings. The van der Waals surface area contributed by atoms with Crippen LogP contribution in [0.25, 0.3) is 11.4 Å². The second-order valence-corrected chi connectivity index (χ2v) is 6.53. The molecule has 1 amide bonds. The number of ether oxygens (including phenoxy) is 2. The van der Waals surface area contributed by atoms with Gasteiger partial charge in [-0.15, -0.1) is 0 Å². The zero-order valence-corrected chi connectivity index (χ0v) is 13.7. The van der Waals surface area contributed by atoms with Crippen LogP contribution in [-0.4, -0.2) is 47.3 Å². The van der Waals surface area contributed by atoms with Crippen molar-refractivity contribution in [3.63, 3.8) is 0 Å². The molecule has 24 heavy (non-hydrogen) atoms. The zero-order valence-electron chi connectivity index (χ0n) is 13.7. The van der Waals surface area contributed by atoms with E-state index in [1.165, 1.54) is 0 Å². The van der Waals surface area contributed by atoms with Gasteiger partial charge in [-0.05, 0) is 31.5 Å². The van der Waals surface area contributed by atoms with E-state index >= 15 is 0 Å². The number of carbonyl (C=O) groups excluding carboxylic acids is 1. The summed E-state index contributed by atoms with van der Waals surface area (Å²) in [6.45, 7) is 6.05. The molecule has 1 fully saturated rings. The van der Waals surface area contributed by atoms with Gasteiger partial charge in [0.05, 0.1) is 5.41 Å². The first-order valence-corrected chi connectivity index (χ1v) is 8.05. The number of fused-ring (bicyclic) bond motifs is 1. The Morgan fingerprint density at radius 2 is 2.04 bits per heavy atom. The van der Waals surface area contributed by atoms with Gasteiger partial charge < -0.3 is 18.9 Å². The third kappa shape index (κ3) is 2.50. The molecule has 0 bridgehead atoms. The Morgan fingerprint density at radius 1 is 1.25 bits per heavy atom. The van der Waals surface area contributed by atoms with Gasteiger partial charge in [-0.3, -0.25) is 4.79 Å². The number of amides is 1. The fourth-order valence-corrected chi connectivity index (χ4v) is 3.17. The quantitative estimate of drug-likeness (QED) is 0.839. The van der Waals surface area contributed by atoms with E-state index < -0.39 is 0 Å². The van der Waals surface area contributed by atoms with Crippen LogP contribution in [0.5, 0.6) is 11.5 Å². The first-order chi connectivity index (χ1) is 11.5. The van der Waals surface area contributed by atoms with Crippen LogP contribution in [-0.2, 0) is 10.2 Å². The van der Waals surface area contributed by atoms with E-state index in [1.54, 1.807) is 6.92 Å². The number of nitrogens with zero attached hydrogens (tertiary/aromatic N) is 3. The van der Waals surface area contributed by atoms with Crippen molar-refractivity contribution in [3.8, 4) is 22.9 Å². The van der Waals surface area contributed by atoms with E-state index in [2.05, 4.69) is 17.1 Å². The second kappa shape index (κ2) is 5.51. The molecule has 3 heterocycles. The molecule has 0 N–H and O–H groups in total. The monoisotopic (exact) mass is 329 g/mol. The molecule has 2 aliphatic heterocycles. The summed E-state index contributed by atoms with van der Waals surface area (Å²) in [6, 6.07) is 5.61. The number of carbonyl (C=O) groups is 1. The maximum atomic E-state index is 11.6. The highest BCUT2D eigenvalue weighted by molar-refractivity contribution is 5.73. The average Bonchev–Trinajstić information content (AvgIpc) is 3.22. The van der Waals surface area contributed by atoms with Crippen LogP contribution in [0.1, 0.15) is 26.2 Å². The molecule has 2 aliphatic rings. The fraction of sp³-hybridized carbons (Fsp3) is 0.471. The molecule has 0 aliphatic carbocycles. The van der Waals surface area contributed by atoms with Crippen LogP contribution in [0.2, 0.25) is 0 Å². The van der Waals surface area contributed by atoms with Gasteiger partial charge in [-0.25, -0.2) is 0 Å². The van der Waals surface area contributed by atoms with Crippen LogP contribution >= 0.6 is 0 Å². The van der Waals surface area contributed by atoms with E-state index in [0.717, 1.165) is 17.7 Å². The van der Waals surface area contributed by atoms with Crippen molar-refractivity contribution in [1.29, 1.82) is 0 Å². The summed E-state index contributed by atoms with van der Waals surface area (Å²) in [4.78, 5) is 17.9. The number of aromatic nitrogens is 2. The smallest absolute Gasteiger partial charge is 0.234 e. The van der Waals surface area contributed by atoms with E-state index in [4.69, 9.17) is 14.0 Å². The third-order valence-corrected chi connectivity index (χ3v) is 4.66. The van der Waals surface area contributed by atoms with Crippen molar-refractivity contribution in [2.75, 3.05) is 26.3 Å². The number of hydrogen-bond donors (Lipinski definition) is 0. The highest BCUT2D eigenvalue weighted by atomic mass is 16.6. The van der Waals surface area contributed by atoms with Gasteiger partial charge in [-0.1, -0.05) is 5.16 Å². The minimum Gasteiger partial charge on any atom is -0.486 e. The molecular weight excluding hydrogens is 310 g/mol. The Morgan fingerprint density at radius 3 is 2.79 bits per heavy atom. The Hall–Kier alpha value is -2.57. The second-order valence-electron chi connectivity index (χ2n) is 6.53. The van der Waals surface area contributed by atoms with Crippen LogP contribution in [0.15, 0.2) is 22.7 Å². The SMILES string of the molecule is CC(=O)N1CCC(C)(c2nc(-c3ccc4c(c3)OCCO4)no2)C1. The largest absolute Gasteiger partial charge is 0.486 e. The molecule has 0 saturated carbocycles. The summed E-state index contributed by atoms with van der Waals surface area (Å²) in [5.41, 5.74) is 0.518. The molecular formula is C17H19N3O4. The Kier molecular flexibility index (Phi) is 3.44. The predicted octanol–water partition coefficient (Wildman–Crippen LogP) is 2.02. The van der Waals surface area contributed by atoms with Crippen molar-refractivity contribution in [2.24, 2.45) is 0 Å². The van der Waals surface area contributed by atoms with E-state index in [-0.39, 0.29) is 11.3 Å². The van der Waals surface area contributed by atoms with E-state index in [1.807, 2.05) is 23.1 Å². The van der Waals surface area contributed by atoms with Crippen molar-refractivity contribution in [2.45, 2.75) is 25.7 Å². The maximum absolute atomic E-state index is 11.6. The van der Waals surface area contributed by atoms with Gasteiger partial charge >= 0.3 is 0 Å². The van der Waals surface area contributed by atoms with Crippen molar-refractivity contribution >= 4 is 5.91 Å². The summed E-state index contributed by atoms with van der Waals surface area (Å²) in [5.74, 6) is 2.58. The summed E-state index contributed by atoms with van der Waals surface area (Å²) < 4.78 is 16.6. The van der Waals surface area contributed by atoms with Crippen LogP contribution in [0.4, 0.5) is 0 Å². The summed E-state index contributed by atoms with van der Waals surface area (Å²) in [6.07, 6.45) is 0.815. The predicted molar refractivity (Wildman–Crippen MR) is 84.9 cm³/mol. The average molecular weight is 329 g/mol. The van der Waals surface area contributed by atoms with Gasteiger partial charge in [0.15, 0.2) is 11.5 Å². The van der Waals surface area contributed by atoms with Crippen LogP contribution in [0, 0.1) is 0 Å². The topological polar surface area (TPSA) is 77.7 Å². The molecule has 4 rings (SSSR count). The van der Waals surface area contributed by atoms with Gasteiger partial charge in [0.25, 0.3) is 0 Å². The molecule has 126 valence electrons. The minimum absolute atomic E-state index is 0.0744. The molecule has 0 spiro atoms. The molecule has 1 saturated heterocycles. The van der Waals surface area contributed by atoms with Gasteiger partial charge in [0, 0.05) is 25.6 Å². The lowest BCUT2D eigenvalue weighted by Gasteiger charge is -2.19. The van der Waals surface area contributed by atoms with Crippen molar-refractivity contribution < 1.29 is 18.8 Å². The first-order valence-electron chi connectivity index (χ1n) is 8.05. The number of rotatable bonds is 2. The number of benzene rings is 1.